The highest BCUT2D eigenvalue weighted by molar-refractivity contribution is 4.72. The average molecular weight is 324 g/mol. The molecule has 0 heterocycles. The summed E-state index contributed by atoms with van der Waals surface area (Å²) in [6.07, 6.45) is 20.3. The minimum absolute atomic E-state index is 0.320. The van der Waals surface area contributed by atoms with Crippen molar-refractivity contribution in [3.05, 3.63) is 0 Å². The van der Waals surface area contributed by atoms with Crippen LogP contribution in [0.3, 0.4) is 0 Å². The minimum atomic E-state index is 0.320. The lowest BCUT2D eigenvalue weighted by Gasteiger charge is -2.17. The number of hydrogen-bond acceptors (Lipinski definition) is 2. The Bertz CT molecular complexity index is 241. The van der Waals surface area contributed by atoms with Crippen molar-refractivity contribution in [3.8, 4) is 6.07 Å². The lowest BCUT2D eigenvalue weighted by molar-refractivity contribution is 0.0383. The molecule has 0 aliphatic carbocycles. The maximum Gasteiger partial charge on any atom is 0.0622 e. The van der Waals surface area contributed by atoms with Gasteiger partial charge in [0.15, 0.2) is 0 Å². The van der Waals surface area contributed by atoms with Crippen LogP contribution in [0.2, 0.25) is 0 Å². The van der Waals surface area contributed by atoms with E-state index in [9.17, 15) is 0 Å². The van der Waals surface area contributed by atoms with Crippen LogP contribution in [0.4, 0.5) is 0 Å². The second-order valence-electron chi connectivity index (χ2n) is 6.87. The Kier molecular flexibility index (Phi) is 19.0. The van der Waals surface area contributed by atoms with Gasteiger partial charge < -0.3 is 4.74 Å². The maximum atomic E-state index is 8.79. The van der Waals surface area contributed by atoms with E-state index < -0.39 is 0 Å². The van der Waals surface area contributed by atoms with Crippen LogP contribution in [0.15, 0.2) is 0 Å². The molecule has 0 spiro atoms. The van der Waals surface area contributed by atoms with Crippen LogP contribution < -0.4 is 0 Å². The third kappa shape index (κ3) is 17.6. The third-order valence-electron chi connectivity index (χ3n) is 4.56. The van der Waals surface area contributed by atoms with Gasteiger partial charge >= 0.3 is 0 Å². The normalized spacial score (nSPS) is 12.2. The van der Waals surface area contributed by atoms with Crippen LogP contribution in [0.5, 0.6) is 0 Å². The van der Waals surface area contributed by atoms with Gasteiger partial charge in [0.25, 0.3) is 0 Å². The predicted octanol–water partition coefficient (Wildman–Crippen LogP) is 7.18. The fraction of sp³-hybridized carbons (Fsp3) is 0.952. The molecule has 0 rings (SSSR count). The zero-order chi connectivity index (χ0) is 17.0. The van der Waals surface area contributed by atoms with Crippen molar-refractivity contribution in [2.75, 3.05) is 6.61 Å². The Labute approximate surface area is 146 Å². The molecular weight excluding hydrogens is 282 g/mol. The van der Waals surface area contributed by atoms with Gasteiger partial charge in [-0.2, -0.15) is 5.26 Å². The monoisotopic (exact) mass is 323 g/mol. The molecule has 0 amide bonds. The molecule has 2 heteroatoms. The average Bonchev–Trinajstić information content (AvgIpc) is 2.57. The van der Waals surface area contributed by atoms with Crippen molar-refractivity contribution in [3.63, 3.8) is 0 Å². The second kappa shape index (κ2) is 19.5. The Balaban J connectivity index is 3.58. The van der Waals surface area contributed by atoms with Crippen LogP contribution in [0, 0.1) is 11.3 Å². The number of nitrogens with zero attached hydrogens (tertiary/aromatic N) is 1. The van der Waals surface area contributed by atoms with Crippen molar-refractivity contribution in [1.82, 2.24) is 0 Å². The van der Waals surface area contributed by atoms with Crippen LogP contribution >= 0.6 is 0 Å². The third-order valence-corrected chi connectivity index (χ3v) is 4.56. The largest absolute Gasteiger partial charge is 0.378 e. The van der Waals surface area contributed by atoms with Gasteiger partial charge in [0, 0.05) is 13.0 Å². The van der Waals surface area contributed by atoms with Gasteiger partial charge in [0.2, 0.25) is 0 Å². The molecule has 23 heavy (non-hydrogen) atoms. The van der Waals surface area contributed by atoms with Crippen LogP contribution in [0.25, 0.3) is 0 Å². The van der Waals surface area contributed by atoms with E-state index in [4.69, 9.17) is 10.00 Å². The van der Waals surface area contributed by atoms with E-state index in [1.165, 1.54) is 83.5 Å². The second-order valence-corrected chi connectivity index (χ2v) is 6.87. The molecule has 0 saturated carbocycles. The highest BCUT2D eigenvalue weighted by Crippen LogP contribution is 2.15. The molecule has 0 fully saturated rings. The first-order valence-electron chi connectivity index (χ1n) is 10.3. The van der Waals surface area contributed by atoms with E-state index in [-0.39, 0.29) is 0 Å². The molecule has 0 aromatic rings. The number of ether oxygens (including phenoxy) is 1. The number of unbranched alkanes of at least 4 members (excludes halogenated alkanes) is 11. The molecule has 0 aliphatic rings. The summed E-state index contributed by atoms with van der Waals surface area (Å²) in [4.78, 5) is 0. The van der Waals surface area contributed by atoms with E-state index in [0.717, 1.165) is 19.4 Å². The van der Waals surface area contributed by atoms with Gasteiger partial charge in [0.1, 0.15) is 0 Å². The van der Waals surface area contributed by atoms with Crippen LogP contribution in [-0.2, 0) is 4.74 Å². The molecule has 0 aromatic heterocycles. The van der Waals surface area contributed by atoms with E-state index in [2.05, 4.69) is 19.9 Å². The summed E-state index contributed by atoms with van der Waals surface area (Å²) >= 11 is 0. The molecule has 0 aromatic carbocycles. The Morgan fingerprint density at radius 3 is 1.78 bits per heavy atom. The predicted molar refractivity (Wildman–Crippen MR) is 101 cm³/mol. The van der Waals surface area contributed by atoms with Crippen molar-refractivity contribution in [2.24, 2.45) is 0 Å². The minimum Gasteiger partial charge on any atom is -0.378 e. The number of nitriles is 1. The first-order valence-corrected chi connectivity index (χ1v) is 10.3. The molecule has 2 nitrogen and oxygen atoms in total. The molecule has 0 aliphatic heterocycles. The Morgan fingerprint density at radius 2 is 1.22 bits per heavy atom. The fourth-order valence-electron chi connectivity index (χ4n) is 3.00. The topological polar surface area (TPSA) is 33.0 Å². The van der Waals surface area contributed by atoms with Gasteiger partial charge in [-0.15, -0.1) is 0 Å². The van der Waals surface area contributed by atoms with Gasteiger partial charge in [-0.3, -0.25) is 0 Å². The van der Waals surface area contributed by atoms with Crippen molar-refractivity contribution >= 4 is 0 Å². The van der Waals surface area contributed by atoms with Crippen molar-refractivity contribution in [2.45, 2.75) is 123 Å². The first kappa shape index (κ1) is 22.4. The lowest BCUT2D eigenvalue weighted by atomic mass is 10.0. The van der Waals surface area contributed by atoms with Gasteiger partial charge in [-0.1, -0.05) is 90.9 Å². The summed E-state index contributed by atoms with van der Waals surface area (Å²) < 4.78 is 6.04. The highest BCUT2D eigenvalue weighted by Gasteiger charge is 2.08. The van der Waals surface area contributed by atoms with Gasteiger partial charge in [0.05, 0.1) is 12.2 Å². The van der Waals surface area contributed by atoms with Gasteiger partial charge in [-0.05, 0) is 19.3 Å². The summed E-state index contributed by atoms with van der Waals surface area (Å²) in [6, 6.07) is 2.27. The fourth-order valence-corrected chi connectivity index (χ4v) is 3.00. The molecule has 136 valence electrons. The standard InChI is InChI=1S/C21H41NO/c1-3-5-7-9-11-12-14-17-21(18-16-19-22)23-20-15-13-10-8-6-4-2/h21H,3-18,20H2,1-2H3. The van der Waals surface area contributed by atoms with Crippen LogP contribution in [-0.4, -0.2) is 12.7 Å². The quantitative estimate of drug-likeness (QED) is 0.250. The summed E-state index contributed by atoms with van der Waals surface area (Å²) in [5.41, 5.74) is 0. The summed E-state index contributed by atoms with van der Waals surface area (Å²) in [5.74, 6) is 0. The summed E-state index contributed by atoms with van der Waals surface area (Å²) in [7, 11) is 0. The summed E-state index contributed by atoms with van der Waals surface area (Å²) in [6.45, 7) is 5.41. The zero-order valence-electron chi connectivity index (χ0n) is 16.0. The van der Waals surface area contributed by atoms with Crippen molar-refractivity contribution < 1.29 is 4.74 Å². The maximum absolute atomic E-state index is 8.79. The Morgan fingerprint density at radius 1 is 0.696 bits per heavy atom. The van der Waals surface area contributed by atoms with E-state index in [0.29, 0.717) is 12.5 Å². The Hall–Kier alpha value is -0.550. The molecule has 0 bridgehead atoms. The van der Waals surface area contributed by atoms with E-state index >= 15 is 0 Å². The molecule has 0 radical (unpaired) electrons. The number of rotatable bonds is 18. The first-order chi connectivity index (χ1) is 11.3. The SMILES string of the molecule is CCCCCCCCCC(CCC#N)OCCCCCCCC. The molecule has 0 N–H and O–H groups in total. The van der Waals surface area contributed by atoms with E-state index in [1.807, 2.05) is 0 Å². The highest BCUT2D eigenvalue weighted by atomic mass is 16.5. The molecule has 1 atom stereocenters. The molecular formula is C21H41NO. The number of hydrogen-bond donors (Lipinski definition) is 0. The van der Waals surface area contributed by atoms with Crippen LogP contribution in [0.1, 0.15) is 117 Å². The summed E-state index contributed by atoms with van der Waals surface area (Å²) in [5, 5.41) is 8.79. The van der Waals surface area contributed by atoms with E-state index in [1.54, 1.807) is 0 Å². The lowest BCUT2D eigenvalue weighted by Crippen LogP contribution is -2.14. The molecule has 0 saturated heterocycles. The smallest absolute Gasteiger partial charge is 0.0622 e. The zero-order valence-corrected chi connectivity index (χ0v) is 16.0. The molecule has 1 unspecified atom stereocenters. The van der Waals surface area contributed by atoms with Gasteiger partial charge in [-0.25, -0.2) is 0 Å². The van der Waals surface area contributed by atoms with Crippen molar-refractivity contribution in [1.29, 1.82) is 5.26 Å².